The zero-order valence-electron chi connectivity index (χ0n) is 15.2. The number of rotatable bonds is 6. The van der Waals surface area contributed by atoms with Gasteiger partial charge in [-0.15, -0.1) is 10.2 Å². The number of nitrogens with zero attached hydrogens (tertiary/aromatic N) is 3. The SMILES string of the molecule is O=C(CSc1ccc(-c2ccc3ccccc3c2)nn1)c1cccc([N+](=O)[O-])c1. The van der Waals surface area contributed by atoms with Gasteiger partial charge in [-0.05, 0) is 29.0 Å². The molecule has 0 saturated carbocycles. The Morgan fingerprint density at radius 2 is 1.72 bits per heavy atom. The molecule has 0 fully saturated rings. The summed E-state index contributed by atoms with van der Waals surface area (Å²) in [6.07, 6.45) is 0. The number of thioether (sulfide) groups is 1. The lowest BCUT2D eigenvalue weighted by atomic mass is 10.1. The largest absolute Gasteiger partial charge is 0.293 e. The van der Waals surface area contributed by atoms with Crippen LogP contribution in [0.1, 0.15) is 10.4 Å². The van der Waals surface area contributed by atoms with Gasteiger partial charge in [-0.1, -0.05) is 60.3 Å². The molecule has 0 unspecified atom stereocenters. The molecule has 6 nitrogen and oxygen atoms in total. The first-order valence-electron chi connectivity index (χ1n) is 8.83. The van der Waals surface area contributed by atoms with Crippen molar-refractivity contribution in [3.63, 3.8) is 0 Å². The highest BCUT2D eigenvalue weighted by Gasteiger charge is 2.12. The van der Waals surface area contributed by atoms with Crippen LogP contribution in [-0.4, -0.2) is 26.7 Å². The summed E-state index contributed by atoms with van der Waals surface area (Å²) in [4.78, 5) is 22.6. The molecule has 0 aliphatic heterocycles. The Labute approximate surface area is 170 Å². The molecular formula is C22H15N3O3S. The Bertz CT molecular complexity index is 1210. The topological polar surface area (TPSA) is 86.0 Å². The Hall–Kier alpha value is -3.58. The van der Waals surface area contributed by atoms with Gasteiger partial charge in [0.15, 0.2) is 5.78 Å². The van der Waals surface area contributed by atoms with Crippen molar-refractivity contribution >= 4 is 34.0 Å². The van der Waals surface area contributed by atoms with E-state index in [-0.39, 0.29) is 17.2 Å². The van der Waals surface area contributed by atoms with Gasteiger partial charge in [-0.25, -0.2) is 0 Å². The lowest BCUT2D eigenvalue weighted by molar-refractivity contribution is -0.384. The summed E-state index contributed by atoms with van der Waals surface area (Å²) >= 11 is 1.25. The van der Waals surface area contributed by atoms with Crippen LogP contribution in [0, 0.1) is 10.1 Å². The van der Waals surface area contributed by atoms with E-state index >= 15 is 0 Å². The average molecular weight is 401 g/mol. The van der Waals surface area contributed by atoms with Gasteiger partial charge in [0.1, 0.15) is 5.03 Å². The zero-order chi connectivity index (χ0) is 20.2. The molecule has 29 heavy (non-hydrogen) atoms. The molecule has 0 atom stereocenters. The number of hydrogen-bond acceptors (Lipinski definition) is 6. The van der Waals surface area contributed by atoms with E-state index in [4.69, 9.17) is 0 Å². The van der Waals surface area contributed by atoms with Gasteiger partial charge in [0.2, 0.25) is 0 Å². The van der Waals surface area contributed by atoms with Gasteiger partial charge in [-0.3, -0.25) is 14.9 Å². The second kappa shape index (κ2) is 8.20. The molecule has 4 rings (SSSR count). The first-order chi connectivity index (χ1) is 14.1. The molecule has 0 spiro atoms. The van der Waals surface area contributed by atoms with Crippen molar-refractivity contribution in [1.82, 2.24) is 10.2 Å². The average Bonchev–Trinajstić information content (AvgIpc) is 2.77. The van der Waals surface area contributed by atoms with Gasteiger partial charge in [0, 0.05) is 23.3 Å². The van der Waals surface area contributed by atoms with E-state index in [9.17, 15) is 14.9 Å². The van der Waals surface area contributed by atoms with Gasteiger partial charge < -0.3 is 0 Å². The summed E-state index contributed by atoms with van der Waals surface area (Å²) in [6, 6.07) is 23.7. The molecule has 0 aliphatic rings. The fraction of sp³-hybridized carbons (Fsp3) is 0.0455. The Kier molecular flexibility index (Phi) is 5.31. The van der Waals surface area contributed by atoms with Crippen molar-refractivity contribution in [2.75, 3.05) is 5.75 Å². The quantitative estimate of drug-likeness (QED) is 0.191. The number of nitro groups is 1. The lowest BCUT2D eigenvalue weighted by Crippen LogP contribution is -2.03. The van der Waals surface area contributed by atoms with E-state index in [1.165, 1.54) is 30.0 Å². The van der Waals surface area contributed by atoms with E-state index in [2.05, 4.69) is 28.4 Å². The van der Waals surface area contributed by atoms with Crippen molar-refractivity contribution < 1.29 is 9.72 Å². The maximum atomic E-state index is 12.3. The van der Waals surface area contributed by atoms with Gasteiger partial charge in [0.05, 0.1) is 16.4 Å². The van der Waals surface area contributed by atoms with Crippen LogP contribution in [0.2, 0.25) is 0 Å². The van der Waals surface area contributed by atoms with Crippen LogP contribution in [0.25, 0.3) is 22.0 Å². The van der Waals surface area contributed by atoms with E-state index in [0.29, 0.717) is 10.6 Å². The second-order valence-electron chi connectivity index (χ2n) is 6.34. The van der Waals surface area contributed by atoms with Crippen molar-refractivity contribution in [3.05, 3.63) is 94.5 Å². The molecule has 0 bridgehead atoms. The first-order valence-corrected chi connectivity index (χ1v) is 9.82. The second-order valence-corrected chi connectivity index (χ2v) is 7.33. The minimum Gasteiger partial charge on any atom is -0.293 e. The summed E-state index contributed by atoms with van der Waals surface area (Å²) < 4.78 is 0. The van der Waals surface area contributed by atoms with Crippen LogP contribution < -0.4 is 0 Å². The third-order valence-corrected chi connectivity index (χ3v) is 5.34. The lowest BCUT2D eigenvalue weighted by Gasteiger charge is -2.04. The number of carbonyl (C=O) groups excluding carboxylic acids is 1. The van der Waals surface area contributed by atoms with Gasteiger partial charge >= 0.3 is 0 Å². The predicted molar refractivity (Wildman–Crippen MR) is 113 cm³/mol. The summed E-state index contributed by atoms with van der Waals surface area (Å²) in [5.41, 5.74) is 1.94. The van der Waals surface area contributed by atoms with E-state index in [1.807, 2.05) is 36.4 Å². The predicted octanol–water partition coefficient (Wildman–Crippen LogP) is 5.18. The summed E-state index contributed by atoms with van der Waals surface area (Å²) in [5, 5.41) is 22.2. The number of aromatic nitrogens is 2. The highest BCUT2D eigenvalue weighted by molar-refractivity contribution is 7.99. The minimum absolute atomic E-state index is 0.0969. The van der Waals surface area contributed by atoms with Gasteiger partial charge in [0.25, 0.3) is 5.69 Å². The maximum Gasteiger partial charge on any atom is 0.270 e. The molecule has 142 valence electrons. The number of ketones is 1. The zero-order valence-corrected chi connectivity index (χ0v) is 16.0. The Balaban J connectivity index is 1.44. The van der Waals surface area contributed by atoms with Crippen molar-refractivity contribution in [1.29, 1.82) is 0 Å². The maximum absolute atomic E-state index is 12.3. The molecule has 1 heterocycles. The molecule has 0 radical (unpaired) electrons. The Morgan fingerprint density at radius 1 is 0.897 bits per heavy atom. The van der Waals surface area contributed by atoms with Crippen LogP contribution in [0.4, 0.5) is 5.69 Å². The summed E-state index contributed by atoms with van der Waals surface area (Å²) in [5.74, 6) is -0.0651. The standard InChI is InChI=1S/C22H15N3O3S/c26-21(18-6-3-7-19(13-18)25(27)28)14-29-22-11-10-20(23-24-22)17-9-8-15-4-1-2-5-16(15)12-17/h1-13H,14H2. The van der Waals surface area contributed by atoms with Crippen LogP contribution in [0.3, 0.4) is 0 Å². The third-order valence-electron chi connectivity index (χ3n) is 4.42. The number of benzene rings is 3. The number of carbonyl (C=O) groups is 1. The normalized spacial score (nSPS) is 10.8. The smallest absolute Gasteiger partial charge is 0.270 e. The molecule has 3 aromatic carbocycles. The number of hydrogen-bond donors (Lipinski definition) is 0. The van der Waals surface area contributed by atoms with Crippen molar-refractivity contribution in [2.45, 2.75) is 5.03 Å². The highest BCUT2D eigenvalue weighted by atomic mass is 32.2. The van der Waals surface area contributed by atoms with Crippen LogP contribution in [-0.2, 0) is 0 Å². The first kappa shape index (κ1) is 18.8. The van der Waals surface area contributed by atoms with E-state index in [1.54, 1.807) is 6.07 Å². The van der Waals surface area contributed by atoms with Crippen LogP contribution in [0.15, 0.2) is 83.9 Å². The molecule has 4 aromatic rings. The molecule has 0 N–H and O–H groups in total. The summed E-state index contributed by atoms with van der Waals surface area (Å²) in [7, 11) is 0. The molecule has 1 aromatic heterocycles. The number of nitro benzene ring substituents is 1. The van der Waals surface area contributed by atoms with E-state index in [0.717, 1.165) is 22.0 Å². The molecule has 0 aliphatic carbocycles. The summed E-state index contributed by atoms with van der Waals surface area (Å²) in [6.45, 7) is 0. The minimum atomic E-state index is -0.513. The van der Waals surface area contributed by atoms with Crippen molar-refractivity contribution in [3.8, 4) is 11.3 Å². The molecule has 0 amide bonds. The Morgan fingerprint density at radius 3 is 2.48 bits per heavy atom. The fourth-order valence-electron chi connectivity index (χ4n) is 2.92. The molecule has 7 heteroatoms. The van der Waals surface area contributed by atoms with Crippen molar-refractivity contribution in [2.24, 2.45) is 0 Å². The number of fused-ring (bicyclic) bond motifs is 1. The highest BCUT2D eigenvalue weighted by Crippen LogP contribution is 2.24. The number of Topliss-reactive ketones (excluding diaryl/α,β-unsaturated/α-hetero) is 1. The molecule has 0 saturated heterocycles. The van der Waals surface area contributed by atoms with Crippen LogP contribution in [0.5, 0.6) is 0 Å². The third kappa shape index (κ3) is 4.30. The van der Waals surface area contributed by atoms with Gasteiger partial charge in [-0.2, -0.15) is 0 Å². The monoisotopic (exact) mass is 401 g/mol. The number of non-ortho nitro benzene ring substituents is 1. The fourth-order valence-corrected chi connectivity index (χ4v) is 3.62. The van der Waals surface area contributed by atoms with E-state index < -0.39 is 4.92 Å². The molecular weight excluding hydrogens is 386 g/mol. The van der Waals surface area contributed by atoms with Crippen LogP contribution >= 0.6 is 11.8 Å².